The van der Waals surface area contributed by atoms with Gasteiger partial charge in [0.2, 0.25) is 0 Å². The quantitative estimate of drug-likeness (QED) is 0.159. The van der Waals surface area contributed by atoms with E-state index in [0.29, 0.717) is 0 Å². The summed E-state index contributed by atoms with van der Waals surface area (Å²) in [5.41, 5.74) is 10.6. The minimum absolute atomic E-state index is 1.11. The molecule has 0 atom stereocenters. The molecule has 0 fully saturated rings. The van der Waals surface area contributed by atoms with Crippen LogP contribution in [0.5, 0.6) is 0 Å². The third-order valence-corrected chi connectivity index (χ3v) is 10.2. The highest BCUT2D eigenvalue weighted by atomic mass is 79.9. The summed E-state index contributed by atoms with van der Waals surface area (Å²) in [6.07, 6.45) is 0. The van der Waals surface area contributed by atoms with Gasteiger partial charge in [-0.2, -0.15) is 0 Å². The molecule has 0 aromatic heterocycles. The maximum absolute atomic E-state index is 3.79. The van der Waals surface area contributed by atoms with Gasteiger partial charge in [0.25, 0.3) is 0 Å². The first kappa shape index (κ1) is 28.5. The largest absolute Gasteiger partial charge is 0.311 e. The molecule has 9 aromatic rings. The number of benzene rings is 9. The van der Waals surface area contributed by atoms with E-state index >= 15 is 0 Å². The highest BCUT2D eigenvalue weighted by Crippen LogP contribution is 2.42. The van der Waals surface area contributed by atoms with E-state index in [1.54, 1.807) is 0 Å². The Hall–Kier alpha value is -5.70. The highest BCUT2D eigenvalue weighted by molar-refractivity contribution is 9.10. The van der Waals surface area contributed by atoms with Crippen molar-refractivity contribution in [3.8, 4) is 33.4 Å². The second-order valence-electron chi connectivity index (χ2n) is 12.3. The first-order chi connectivity index (χ1) is 23.7. The van der Waals surface area contributed by atoms with Crippen LogP contribution in [0.4, 0.5) is 17.1 Å². The van der Waals surface area contributed by atoms with Crippen molar-refractivity contribution in [2.24, 2.45) is 0 Å². The normalized spacial score (nSPS) is 11.4. The maximum atomic E-state index is 3.79. The lowest BCUT2D eigenvalue weighted by atomic mass is 9.90. The van der Waals surface area contributed by atoms with E-state index in [9.17, 15) is 0 Å². The SMILES string of the molecule is Brc1ccc2ccc3c(-c4ccc(N(c5ccc(-c6ccccc6)cc5)c5ccc(-c6ccccc6)cc5)cc4)ccc4ccc1c2c43. The molecular weight excluding hydrogens is 646 g/mol. The Morgan fingerprint density at radius 3 is 1.23 bits per heavy atom. The van der Waals surface area contributed by atoms with Crippen molar-refractivity contribution >= 4 is 65.3 Å². The van der Waals surface area contributed by atoms with Crippen LogP contribution in [-0.2, 0) is 0 Å². The summed E-state index contributed by atoms with van der Waals surface area (Å²) in [6.45, 7) is 0. The van der Waals surface area contributed by atoms with Crippen molar-refractivity contribution in [3.05, 3.63) is 186 Å². The third kappa shape index (κ3) is 4.94. The van der Waals surface area contributed by atoms with Crippen LogP contribution in [0.2, 0.25) is 0 Å². The van der Waals surface area contributed by atoms with Gasteiger partial charge in [0.15, 0.2) is 0 Å². The van der Waals surface area contributed by atoms with Gasteiger partial charge in [-0.1, -0.05) is 155 Å². The lowest BCUT2D eigenvalue weighted by molar-refractivity contribution is 1.28. The van der Waals surface area contributed by atoms with Crippen LogP contribution in [0.25, 0.3) is 65.7 Å². The Balaban J connectivity index is 1.13. The van der Waals surface area contributed by atoms with Crippen LogP contribution in [0.3, 0.4) is 0 Å². The van der Waals surface area contributed by atoms with E-state index in [1.807, 2.05) is 0 Å². The van der Waals surface area contributed by atoms with Crippen molar-refractivity contribution in [3.63, 3.8) is 0 Å². The molecule has 0 aliphatic carbocycles. The van der Waals surface area contributed by atoms with Crippen molar-refractivity contribution in [2.45, 2.75) is 0 Å². The summed E-state index contributed by atoms with van der Waals surface area (Å²) >= 11 is 3.79. The molecule has 0 aliphatic heterocycles. The Labute approximate surface area is 288 Å². The van der Waals surface area contributed by atoms with Gasteiger partial charge in [0, 0.05) is 21.5 Å². The molecule has 48 heavy (non-hydrogen) atoms. The molecule has 0 spiro atoms. The Kier molecular flexibility index (Phi) is 7.03. The monoisotopic (exact) mass is 675 g/mol. The molecule has 0 amide bonds. The third-order valence-electron chi connectivity index (χ3n) is 9.51. The summed E-state index contributed by atoms with van der Waals surface area (Å²) < 4.78 is 1.13. The fourth-order valence-electron chi connectivity index (χ4n) is 7.12. The maximum Gasteiger partial charge on any atom is 0.0462 e. The predicted octanol–water partition coefficient (Wildman–Crippen LogP) is 13.8. The van der Waals surface area contributed by atoms with E-state index in [-0.39, 0.29) is 0 Å². The molecule has 0 heterocycles. The molecule has 0 saturated carbocycles. The molecule has 0 bridgehead atoms. The minimum Gasteiger partial charge on any atom is -0.311 e. The highest BCUT2D eigenvalue weighted by Gasteiger charge is 2.16. The van der Waals surface area contributed by atoms with Crippen LogP contribution >= 0.6 is 15.9 Å². The molecular formula is C46H30BrN. The van der Waals surface area contributed by atoms with Gasteiger partial charge in [0.1, 0.15) is 0 Å². The molecule has 0 N–H and O–H groups in total. The summed E-state index contributed by atoms with van der Waals surface area (Å²) in [7, 11) is 0. The van der Waals surface area contributed by atoms with Crippen molar-refractivity contribution in [1.82, 2.24) is 0 Å². The summed E-state index contributed by atoms with van der Waals surface area (Å²) in [5.74, 6) is 0. The van der Waals surface area contributed by atoms with Crippen molar-refractivity contribution in [1.29, 1.82) is 0 Å². The van der Waals surface area contributed by atoms with Gasteiger partial charge < -0.3 is 4.90 Å². The summed E-state index contributed by atoms with van der Waals surface area (Å²) in [4.78, 5) is 2.34. The molecule has 1 nitrogen and oxygen atoms in total. The molecule has 226 valence electrons. The fraction of sp³-hybridized carbons (Fsp3) is 0. The lowest BCUT2D eigenvalue weighted by Gasteiger charge is -2.26. The van der Waals surface area contributed by atoms with Gasteiger partial charge in [-0.15, -0.1) is 0 Å². The molecule has 0 saturated heterocycles. The molecule has 9 rings (SSSR count). The average molecular weight is 677 g/mol. The van der Waals surface area contributed by atoms with Gasteiger partial charge in [0.05, 0.1) is 0 Å². The second-order valence-corrected chi connectivity index (χ2v) is 13.1. The van der Waals surface area contributed by atoms with Crippen molar-refractivity contribution < 1.29 is 0 Å². The molecule has 0 aliphatic rings. The van der Waals surface area contributed by atoms with Gasteiger partial charge in [-0.25, -0.2) is 0 Å². The Bertz CT molecular complexity index is 2440. The lowest BCUT2D eigenvalue weighted by Crippen LogP contribution is -2.09. The number of rotatable bonds is 6. The summed E-state index contributed by atoms with van der Waals surface area (Å²) in [5, 5.41) is 7.72. The van der Waals surface area contributed by atoms with Crippen molar-refractivity contribution in [2.75, 3.05) is 4.90 Å². The number of halogens is 1. The van der Waals surface area contributed by atoms with Crippen LogP contribution in [0, 0.1) is 0 Å². The van der Waals surface area contributed by atoms with E-state index in [2.05, 4.69) is 203 Å². The van der Waals surface area contributed by atoms with E-state index in [0.717, 1.165) is 21.5 Å². The number of anilines is 3. The van der Waals surface area contributed by atoms with Gasteiger partial charge >= 0.3 is 0 Å². The number of hydrogen-bond donors (Lipinski definition) is 0. The van der Waals surface area contributed by atoms with E-state index < -0.39 is 0 Å². The summed E-state index contributed by atoms with van der Waals surface area (Å²) in [6, 6.07) is 65.8. The van der Waals surface area contributed by atoms with E-state index in [4.69, 9.17) is 0 Å². The Morgan fingerprint density at radius 2 is 0.708 bits per heavy atom. The first-order valence-corrected chi connectivity index (χ1v) is 17.1. The molecule has 0 radical (unpaired) electrons. The van der Waals surface area contributed by atoms with Gasteiger partial charge in [-0.3, -0.25) is 0 Å². The van der Waals surface area contributed by atoms with Gasteiger partial charge in [-0.05, 0) is 108 Å². The standard InChI is InChI=1S/C46H30BrN/c47-44-30-20-37-18-28-42-41(27-17-36-19-29-43(44)46(37)45(36)42)35-15-25-40(26-16-35)48(38-21-11-33(12-22-38)31-7-3-1-4-8-31)39-23-13-34(14-24-39)32-9-5-2-6-10-32/h1-30H. The number of nitrogens with zero attached hydrogens (tertiary/aromatic N) is 1. The van der Waals surface area contributed by atoms with Crippen LogP contribution in [0.15, 0.2) is 186 Å². The average Bonchev–Trinajstić information content (AvgIpc) is 3.16. The zero-order valence-corrected chi connectivity index (χ0v) is 27.7. The van der Waals surface area contributed by atoms with Crippen LogP contribution < -0.4 is 4.90 Å². The molecule has 9 aromatic carbocycles. The topological polar surface area (TPSA) is 3.24 Å². The fourth-order valence-corrected chi connectivity index (χ4v) is 7.58. The minimum atomic E-state index is 1.11. The van der Waals surface area contributed by atoms with E-state index in [1.165, 1.54) is 65.7 Å². The number of hydrogen-bond acceptors (Lipinski definition) is 1. The zero-order valence-electron chi connectivity index (χ0n) is 26.1. The van der Waals surface area contributed by atoms with Crippen LogP contribution in [-0.4, -0.2) is 0 Å². The molecule has 0 unspecified atom stereocenters. The molecule has 2 heteroatoms. The van der Waals surface area contributed by atoms with Crippen LogP contribution in [0.1, 0.15) is 0 Å². The first-order valence-electron chi connectivity index (χ1n) is 16.3. The zero-order chi connectivity index (χ0) is 32.0. The predicted molar refractivity (Wildman–Crippen MR) is 209 cm³/mol. The smallest absolute Gasteiger partial charge is 0.0462 e. The second kappa shape index (κ2) is 11.8. The Morgan fingerprint density at radius 1 is 0.312 bits per heavy atom.